The number of rotatable bonds is 4. The molecular weight excluding hydrogens is 212 g/mol. The number of carbonyl (C=O) groups excluding carboxylic acids is 1. The molecule has 0 spiro atoms. The first-order valence-electron chi connectivity index (χ1n) is 4.90. The molecule has 1 N–H and O–H groups in total. The van der Waals surface area contributed by atoms with Gasteiger partial charge >= 0.3 is 5.97 Å². The van der Waals surface area contributed by atoms with Crippen molar-refractivity contribution < 1.29 is 19.2 Å². The molecular formula is C10H14N2O4. The molecule has 1 heterocycles. The number of nitrogens with zero attached hydrogens (tertiary/aromatic N) is 2. The van der Waals surface area contributed by atoms with E-state index in [0.717, 1.165) is 4.90 Å². The number of likely N-dealkylation sites (N-methyl/N-ethyl adjacent to an activating group) is 1. The van der Waals surface area contributed by atoms with Crippen molar-refractivity contribution in [3.8, 4) is 0 Å². The molecule has 1 atom stereocenters. The fourth-order valence-corrected chi connectivity index (χ4v) is 1.41. The maximum atomic E-state index is 11.9. The maximum Gasteiger partial charge on any atom is 0.326 e. The lowest BCUT2D eigenvalue weighted by Gasteiger charge is -2.22. The topological polar surface area (TPSA) is 83.6 Å². The second-order valence-electron chi connectivity index (χ2n) is 3.52. The number of carbonyl (C=O) groups is 2. The SMILES string of the molecule is CCC(C(=O)O)N(C)C(=O)c1oncc1C. The van der Waals surface area contributed by atoms with Crippen molar-refractivity contribution in [3.05, 3.63) is 17.5 Å². The van der Waals surface area contributed by atoms with Crippen LogP contribution in [0, 0.1) is 6.92 Å². The van der Waals surface area contributed by atoms with E-state index in [2.05, 4.69) is 5.16 Å². The molecule has 0 aliphatic heterocycles. The summed E-state index contributed by atoms with van der Waals surface area (Å²) in [6.45, 7) is 3.38. The largest absolute Gasteiger partial charge is 0.480 e. The first kappa shape index (κ1) is 12.2. The van der Waals surface area contributed by atoms with Crippen LogP contribution in [0.1, 0.15) is 29.5 Å². The van der Waals surface area contributed by atoms with Gasteiger partial charge in [0.15, 0.2) is 0 Å². The van der Waals surface area contributed by atoms with Crippen molar-refractivity contribution in [2.75, 3.05) is 7.05 Å². The van der Waals surface area contributed by atoms with Gasteiger partial charge in [0.2, 0.25) is 5.76 Å². The highest BCUT2D eigenvalue weighted by Gasteiger charge is 2.28. The molecule has 0 aromatic carbocycles. The number of amides is 1. The Balaban J connectivity index is 2.90. The van der Waals surface area contributed by atoms with Crippen molar-refractivity contribution in [2.45, 2.75) is 26.3 Å². The highest BCUT2D eigenvalue weighted by atomic mass is 16.5. The maximum absolute atomic E-state index is 11.9. The second-order valence-corrected chi connectivity index (χ2v) is 3.52. The van der Waals surface area contributed by atoms with Crippen molar-refractivity contribution in [1.29, 1.82) is 0 Å². The van der Waals surface area contributed by atoms with Crippen molar-refractivity contribution in [3.63, 3.8) is 0 Å². The zero-order valence-electron chi connectivity index (χ0n) is 9.43. The predicted octanol–water partition coefficient (Wildman–Crippen LogP) is 0.918. The van der Waals surface area contributed by atoms with Crippen LogP contribution in [0.15, 0.2) is 10.7 Å². The number of aromatic nitrogens is 1. The Morgan fingerprint density at radius 2 is 2.25 bits per heavy atom. The van der Waals surface area contributed by atoms with E-state index in [1.54, 1.807) is 13.8 Å². The van der Waals surface area contributed by atoms with E-state index in [1.807, 2.05) is 0 Å². The fourth-order valence-electron chi connectivity index (χ4n) is 1.41. The molecule has 1 amide bonds. The van der Waals surface area contributed by atoms with E-state index < -0.39 is 17.9 Å². The van der Waals surface area contributed by atoms with Gasteiger partial charge in [0.05, 0.1) is 6.20 Å². The Morgan fingerprint density at radius 1 is 1.62 bits per heavy atom. The van der Waals surface area contributed by atoms with Crippen LogP contribution in [-0.2, 0) is 4.79 Å². The summed E-state index contributed by atoms with van der Waals surface area (Å²) in [6.07, 6.45) is 1.76. The first-order valence-corrected chi connectivity index (χ1v) is 4.90. The predicted molar refractivity (Wildman–Crippen MR) is 55.0 cm³/mol. The van der Waals surface area contributed by atoms with Gasteiger partial charge in [0.25, 0.3) is 5.91 Å². The number of aryl methyl sites for hydroxylation is 1. The lowest BCUT2D eigenvalue weighted by molar-refractivity contribution is -0.142. The molecule has 6 heteroatoms. The number of carboxylic acids is 1. The van der Waals surface area contributed by atoms with E-state index in [-0.39, 0.29) is 5.76 Å². The van der Waals surface area contributed by atoms with Gasteiger partial charge in [-0.3, -0.25) is 4.79 Å². The van der Waals surface area contributed by atoms with Crippen LogP contribution in [0.25, 0.3) is 0 Å². The minimum Gasteiger partial charge on any atom is -0.480 e. The van der Waals surface area contributed by atoms with E-state index in [0.29, 0.717) is 12.0 Å². The number of hydrogen-bond donors (Lipinski definition) is 1. The summed E-state index contributed by atoms with van der Waals surface area (Å²) in [5, 5.41) is 12.4. The van der Waals surface area contributed by atoms with Gasteiger partial charge in [0, 0.05) is 12.6 Å². The van der Waals surface area contributed by atoms with Gasteiger partial charge in [0.1, 0.15) is 6.04 Å². The standard InChI is InChI=1S/C10H14N2O4/c1-4-7(10(14)15)12(3)9(13)8-6(2)5-11-16-8/h5,7H,4H2,1-3H3,(H,14,15). The van der Waals surface area contributed by atoms with Gasteiger partial charge < -0.3 is 14.5 Å². The molecule has 0 aliphatic carbocycles. The molecule has 0 saturated carbocycles. The van der Waals surface area contributed by atoms with Gasteiger partial charge in [-0.2, -0.15) is 0 Å². The third kappa shape index (κ3) is 2.21. The summed E-state index contributed by atoms with van der Waals surface area (Å²) < 4.78 is 4.79. The van der Waals surface area contributed by atoms with Crippen LogP contribution in [-0.4, -0.2) is 40.1 Å². The lowest BCUT2D eigenvalue weighted by atomic mass is 10.2. The molecule has 1 aromatic rings. The molecule has 88 valence electrons. The summed E-state index contributed by atoms with van der Waals surface area (Å²) in [5.74, 6) is -1.41. The van der Waals surface area contributed by atoms with Gasteiger partial charge in [-0.15, -0.1) is 0 Å². The van der Waals surface area contributed by atoms with Crippen molar-refractivity contribution in [1.82, 2.24) is 10.1 Å². The third-order valence-electron chi connectivity index (χ3n) is 2.40. The fraction of sp³-hybridized carbons (Fsp3) is 0.500. The molecule has 1 unspecified atom stereocenters. The Kier molecular flexibility index (Phi) is 3.65. The minimum atomic E-state index is -1.03. The van der Waals surface area contributed by atoms with Crippen LogP contribution in [0.4, 0.5) is 0 Å². The molecule has 0 radical (unpaired) electrons. The first-order chi connectivity index (χ1) is 7.49. The van der Waals surface area contributed by atoms with Crippen LogP contribution in [0.3, 0.4) is 0 Å². The van der Waals surface area contributed by atoms with E-state index >= 15 is 0 Å². The van der Waals surface area contributed by atoms with Gasteiger partial charge in [-0.05, 0) is 13.3 Å². The third-order valence-corrected chi connectivity index (χ3v) is 2.40. The molecule has 0 aliphatic rings. The van der Waals surface area contributed by atoms with E-state index in [9.17, 15) is 9.59 Å². The number of carboxylic acid groups (broad SMARTS) is 1. The zero-order chi connectivity index (χ0) is 12.3. The second kappa shape index (κ2) is 4.78. The smallest absolute Gasteiger partial charge is 0.326 e. The Labute approximate surface area is 92.8 Å². The average molecular weight is 226 g/mol. The number of aliphatic carboxylic acids is 1. The van der Waals surface area contributed by atoms with Crippen LogP contribution in [0.5, 0.6) is 0 Å². The van der Waals surface area contributed by atoms with Gasteiger partial charge in [-0.25, -0.2) is 4.79 Å². The quantitative estimate of drug-likeness (QED) is 0.825. The Bertz CT molecular complexity index is 399. The van der Waals surface area contributed by atoms with E-state index in [1.165, 1.54) is 13.2 Å². The molecule has 1 rings (SSSR count). The molecule has 1 aromatic heterocycles. The summed E-state index contributed by atoms with van der Waals surface area (Å²) in [5.41, 5.74) is 0.595. The minimum absolute atomic E-state index is 0.0854. The monoisotopic (exact) mass is 226 g/mol. The summed E-state index contributed by atoms with van der Waals surface area (Å²) in [7, 11) is 1.44. The van der Waals surface area contributed by atoms with Crippen molar-refractivity contribution in [2.24, 2.45) is 0 Å². The lowest BCUT2D eigenvalue weighted by Crippen LogP contribution is -2.42. The normalized spacial score (nSPS) is 12.2. The molecule has 0 bridgehead atoms. The van der Waals surface area contributed by atoms with Crippen LogP contribution < -0.4 is 0 Å². The summed E-state index contributed by atoms with van der Waals surface area (Å²) in [4.78, 5) is 23.9. The molecule has 0 fully saturated rings. The highest BCUT2D eigenvalue weighted by molar-refractivity contribution is 5.95. The Morgan fingerprint density at radius 3 is 2.62 bits per heavy atom. The number of hydrogen-bond acceptors (Lipinski definition) is 4. The zero-order valence-corrected chi connectivity index (χ0v) is 9.43. The summed E-state index contributed by atoms with van der Waals surface area (Å²) >= 11 is 0. The van der Waals surface area contributed by atoms with E-state index in [4.69, 9.17) is 9.63 Å². The van der Waals surface area contributed by atoms with Crippen LogP contribution in [0.2, 0.25) is 0 Å². The molecule has 16 heavy (non-hydrogen) atoms. The molecule has 0 saturated heterocycles. The highest BCUT2D eigenvalue weighted by Crippen LogP contribution is 2.12. The van der Waals surface area contributed by atoms with Crippen molar-refractivity contribution >= 4 is 11.9 Å². The summed E-state index contributed by atoms with van der Waals surface area (Å²) in [6, 6.07) is -0.850. The average Bonchev–Trinajstić information content (AvgIpc) is 2.63. The van der Waals surface area contributed by atoms with Gasteiger partial charge in [-0.1, -0.05) is 12.1 Å². The molecule has 6 nitrogen and oxygen atoms in total. The Hall–Kier alpha value is -1.85. The van der Waals surface area contributed by atoms with Crippen LogP contribution >= 0.6 is 0 Å².